The van der Waals surface area contributed by atoms with Crippen molar-refractivity contribution < 1.29 is 4.74 Å². The van der Waals surface area contributed by atoms with Gasteiger partial charge in [-0.05, 0) is 55.5 Å². The number of hydrogen-bond donors (Lipinski definition) is 2. The Balaban J connectivity index is 1.50. The normalized spacial score (nSPS) is 14.2. The minimum Gasteiger partial charge on any atom is -0.497 e. The van der Waals surface area contributed by atoms with E-state index in [4.69, 9.17) is 9.73 Å². The lowest BCUT2D eigenvalue weighted by Crippen LogP contribution is -2.38. The molecule has 0 atom stereocenters. The minimum absolute atomic E-state index is 0.616. The monoisotopic (exact) mass is 381 g/mol. The van der Waals surface area contributed by atoms with E-state index in [0.717, 1.165) is 55.7 Å². The number of rotatable bonds is 8. The van der Waals surface area contributed by atoms with Crippen molar-refractivity contribution in [1.29, 1.82) is 0 Å². The van der Waals surface area contributed by atoms with Crippen molar-refractivity contribution in [3.05, 3.63) is 53.7 Å². The molecule has 2 N–H and O–H groups in total. The van der Waals surface area contributed by atoms with E-state index in [2.05, 4.69) is 51.7 Å². The molecule has 1 aromatic heterocycles. The van der Waals surface area contributed by atoms with Crippen LogP contribution >= 0.6 is 0 Å². The molecule has 28 heavy (non-hydrogen) atoms. The van der Waals surface area contributed by atoms with Crippen LogP contribution in [-0.4, -0.2) is 44.2 Å². The molecular formula is C22H31N5O. The number of benzene rings is 1. The molecule has 0 saturated carbocycles. The highest BCUT2D eigenvalue weighted by molar-refractivity contribution is 5.79. The van der Waals surface area contributed by atoms with E-state index in [9.17, 15) is 0 Å². The van der Waals surface area contributed by atoms with E-state index in [1.807, 2.05) is 18.3 Å². The molecule has 1 aromatic carbocycles. The summed E-state index contributed by atoms with van der Waals surface area (Å²) < 4.78 is 5.20. The first-order valence-electron chi connectivity index (χ1n) is 10.1. The highest BCUT2D eigenvalue weighted by Crippen LogP contribution is 2.17. The van der Waals surface area contributed by atoms with E-state index in [0.29, 0.717) is 6.54 Å². The van der Waals surface area contributed by atoms with E-state index in [1.54, 1.807) is 7.11 Å². The lowest BCUT2D eigenvalue weighted by Gasteiger charge is -2.16. The fourth-order valence-electron chi connectivity index (χ4n) is 3.27. The molecule has 1 aliphatic heterocycles. The molecule has 150 valence electrons. The van der Waals surface area contributed by atoms with Crippen molar-refractivity contribution in [3.63, 3.8) is 0 Å². The first-order valence-corrected chi connectivity index (χ1v) is 10.1. The Labute approximate surface area is 168 Å². The number of aromatic nitrogens is 1. The Hall–Kier alpha value is -2.76. The van der Waals surface area contributed by atoms with Crippen LogP contribution in [-0.2, 0) is 13.0 Å². The molecule has 1 aliphatic rings. The Kier molecular flexibility index (Phi) is 7.53. The molecule has 6 heteroatoms. The SMILES string of the molecule is CCNC(=NCc1ccc(N2CCCC2)nc1)NCCc1ccc(OC)cc1. The van der Waals surface area contributed by atoms with E-state index in [-0.39, 0.29) is 0 Å². The molecule has 6 nitrogen and oxygen atoms in total. The minimum atomic E-state index is 0.616. The van der Waals surface area contributed by atoms with Crippen LogP contribution in [0.15, 0.2) is 47.6 Å². The van der Waals surface area contributed by atoms with Crippen LogP contribution in [0.25, 0.3) is 0 Å². The molecule has 0 amide bonds. The Morgan fingerprint density at radius 2 is 1.82 bits per heavy atom. The fraction of sp³-hybridized carbons (Fsp3) is 0.455. The Morgan fingerprint density at radius 3 is 2.46 bits per heavy atom. The molecule has 0 radical (unpaired) electrons. The summed E-state index contributed by atoms with van der Waals surface area (Å²) in [5, 5.41) is 6.71. The van der Waals surface area contributed by atoms with Gasteiger partial charge in [-0.3, -0.25) is 0 Å². The molecule has 2 aromatic rings. The van der Waals surface area contributed by atoms with Crippen LogP contribution in [0.4, 0.5) is 5.82 Å². The molecule has 0 bridgehead atoms. The number of nitrogens with zero attached hydrogens (tertiary/aromatic N) is 3. The highest BCUT2D eigenvalue weighted by Gasteiger charge is 2.12. The zero-order valence-corrected chi connectivity index (χ0v) is 16.9. The maximum Gasteiger partial charge on any atom is 0.191 e. The second-order valence-electron chi connectivity index (χ2n) is 6.94. The molecule has 1 saturated heterocycles. The van der Waals surface area contributed by atoms with Gasteiger partial charge in [-0.2, -0.15) is 0 Å². The van der Waals surface area contributed by atoms with Crippen LogP contribution in [0.2, 0.25) is 0 Å². The number of anilines is 1. The topological polar surface area (TPSA) is 61.8 Å². The van der Waals surface area contributed by atoms with Crippen molar-refractivity contribution >= 4 is 11.8 Å². The summed E-state index contributed by atoms with van der Waals surface area (Å²) in [5.74, 6) is 2.80. The predicted molar refractivity (Wildman–Crippen MR) is 115 cm³/mol. The Morgan fingerprint density at radius 1 is 1.07 bits per heavy atom. The third-order valence-corrected chi connectivity index (χ3v) is 4.87. The maximum atomic E-state index is 5.20. The van der Waals surface area contributed by atoms with Crippen LogP contribution in [0.1, 0.15) is 30.9 Å². The van der Waals surface area contributed by atoms with Gasteiger partial charge in [-0.15, -0.1) is 0 Å². The van der Waals surface area contributed by atoms with Crippen LogP contribution < -0.4 is 20.3 Å². The summed E-state index contributed by atoms with van der Waals surface area (Å²) in [5.41, 5.74) is 2.39. The molecule has 1 fully saturated rings. The number of aliphatic imine (C=N–C) groups is 1. The molecule has 0 aliphatic carbocycles. The fourth-order valence-corrected chi connectivity index (χ4v) is 3.27. The lowest BCUT2D eigenvalue weighted by molar-refractivity contribution is 0.414. The molecule has 2 heterocycles. The van der Waals surface area contributed by atoms with Gasteiger partial charge in [0, 0.05) is 32.4 Å². The molecule has 3 rings (SSSR count). The van der Waals surface area contributed by atoms with Crippen LogP contribution in [0, 0.1) is 0 Å². The number of nitrogens with one attached hydrogen (secondary N) is 2. The van der Waals surface area contributed by atoms with Crippen molar-refractivity contribution in [2.75, 3.05) is 38.2 Å². The summed E-state index contributed by atoms with van der Waals surface area (Å²) in [6.45, 7) is 6.59. The van der Waals surface area contributed by atoms with E-state index >= 15 is 0 Å². The second kappa shape index (κ2) is 10.5. The van der Waals surface area contributed by atoms with Gasteiger partial charge >= 0.3 is 0 Å². The highest BCUT2D eigenvalue weighted by atomic mass is 16.5. The van der Waals surface area contributed by atoms with Gasteiger partial charge in [0.25, 0.3) is 0 Å². The van der Waals surface area contributed by atoms with Crippen molar-refractivity contribution in [3.8, 4) is 5.75 Å². The quantitative estimate of drug-likeness (QED) is 0.544. The first-order chi connectivity index (χ1) is 13.8. The summed E-state index contributed by atoms with van der Waals surface area (Å²) >= 11 is 0. The summed E-state index contributed by atoms with van der Waals surface area (Å²) in [7, 11) is 1.69. The van der Waals surface area contributed by atoms with E-state index < -0.39 is 0 Å². The maximum absolute atomic E-state index is 5.20. The standard InChI is InChI=1S/C22H31N5O/c1-3-23-22(24-13-12-18-6-9-20(28-2)10-7-18)26-17-19-8-11-21(25-16-19)27-14-4-5-15-27/h6-11,16H,3-5,12-15,17H2,1-2H3,(H2,23,24,26). The predicted octanol–water partition coefficient (Wildman–Crippen LogP) is 2.99. The smallest absolute Gasteiger partial charge is 0.191 e. The Bertz CT molecular complexity index is 737. The van der Waals surface area contributed by atoms with Gasteiger partial charge in [-0.1, -0.05) is 18.2 Å². The van der Waals surface area contributed by atoms with Gasteiger partial charge in [0.05, 0.1) is 13.7 Å². The zero-order chi connectivity index (χ0) is 19.6. The third-order valence-electron chi connectivity index (χ3n) is 4.87. The summed E-state index contributed by atoms with van der Waals surface area (Å²) in [6.07, 6.45) is 5.41. The van der Waals surface area contributed by atoms with Gasteiger partial charge in [0.15, 0.2) is 5.96 Å². The van der Waals surface area contributed by atoms with Crippen LogP contribution in [0.5, 0.6) is 5.75 Å². The van der Waals surface area contributed by atoms with Crippen molar-refractivity contribution in [1.82, 2.24) is 15.6 Å². The number of hydrogen-bond acceptors (Lipinski definition) is 4. The first kappa shape index (κ1) is 20.0. The zero-order valence-electron chi connectivity index (χ0n) is 16.9. The third kappa shape index (κ3) is 5.87. The largest absolute Gasteiger partial charge is 0.497 e. The number of pyridine rings is 1. The number of ether oxygens (including phenoxy) is 1. The number of guanidine groups is 1. The summed E-state index contributed by atoms with van der Waals surface area (Å²) in [6, 6.07) is 12.4. The van der Waals surface area contributed by atoms with Crippen molar-refractivity contribution in [2.24, 2.45) is 4.99 Å². The van der Waals surface area contributed by atoms with Gasteiger partial charge in [-0.25, -0.2) is 9.98 Å². The van der Waals surface area contributed by atoms with Crippen LogP contribution in [0.3, 0.4) is 0 Å². The van der Waals surface area contributed by atoms with Gasteiger partial charge in [0.1, 0.15) is 11.6 Å². The average molecular weight is 382 g/mol. The molecular weight excluding hydrogens is 350 g/mol. The molecule has 0 spiro atoms. The average Bonchev–Trinajstić information content (AvgIpc) is 3.28. The van der Waals surface area contributed by atoms with Crippen molar-refractivity contribution in [2.45, 2.75) is 32.7 Å². The number of methoxy groups -OCH3 is 1. The summed E-state index contributed by atoms with van der Waals surface area (Å²) in [4.78, 5) is 11.6. The molecule has 0 unspecified atom stereocenters. The van der Waals surface area contributed by atoms with Gasteiger partial charge in [0.2, 0.25) is 0 Å². The van der Waals surface area contributed by atoms with Gasteiger partial charge < -0.3 is 20.3 Å². The lowest BCUT2D eigenvalue weighted by atomic mass is 10.1. The van der Waals surface area contributed by atoms with E-state index in [1.165, 1.54) is 18.4 Å². The second-order valence-corrected chi connectivity index (χ2v) is 6.94.